The van der Waals surface area contributed by atoms with E-state index in [1.54, 1.807) is 11.0 Å². The molecule has 0 unspecified atom stereocenters. The lowest BCUT2D eigenvalue weighted by Crippen LogP contribution is -2.51. The van der Waals surface area contributed by atoms with Crippen LogP contribution in [0.1, 0.15) is 11.1 Å². The maximum absolute atomic E-state index is 12.6. The van der Waals surface area contributed by atoms with Crippen LogP contribution in [-0.4, -0.2) is 68.2 Å². The van der Waals surface area contributed by atoms with Crippen LogP contribution in [0.15, 0.2) is 40.6 Å². The Balaban J connectivity index is 1.53. The predicted octanol–water partition coefficient (Wildman–Crippen LogP) is 2.67. The van der Waals surface area contributed by atoms with Gasteiger partial charge in [-0.15, -0.1) is 11.3 Å². The number of likely N-dealkylation sites (N-methyl/N-ethyl adjacent to an activating group) is 1. The van der Waals surface area contributed by atoms with Gasteiger partial charge in [-0.05, 0) is 30.2 Å². The molecule has 1 aliphatic heterocycles. The molecular weight excluding hydrogens is 418 g/mol. The Morgan fingerprint density at radius 2 is 1.82 bits per heavy atom. The van der Waals surface area contributed by atoms with Crippen LogP contribution in [0.25, 0.3) is 0 Å². The Morgan fingerprint density at radius 3 is 2.43 bits per heavy atom. The van der Waals surface area contributed by atoms with Crippen molar-refractivity contribution in [2.45, 2.75) is 17.7 Å². The van der Waals surface area contributed by atoms with Crippen molar-refractivity contribution in [3.63, 3.8) is 0 Å². The Labute approximate surface area is 175 Å². The lowest BCUT2D eigenvalue weighted by Gasteiger charge is -2.35. The smallest absolute Gasteiger partial charge is 0.252 e. The molecule has 6 nitrogen and oxygen atoms in total. The van der Waals surface area contributed by atoms with Crippen LogP contribution in [0.3, 0.4) is 0 Å². The Kier molecular flexibility index (Phi) is 6.77. The summed E-state index contributed by atoms with van der Waals surface area (Å²) in [5.74, 6) is -0.177. The van der Waals surface area contributed by atoms with Gasteiger partial charge in [-0.25, -0.2) is 8.42 Å². The van der Waals surface area contributed by atoms with Gasteiger partial charge in [0.25, 0.3) is 10.0 Å². The lowest BCUT2D eigenvalue weighted by atomic mass is 10.1. The van der Waals surface area contributed by atoms with Crippen LogP contribution in [-0.2, 0) is 21.4 Å². The first-order valence-corrected chi connectivity index (χ1v) is 11.7. The highest BCUT2D eigenvalue weighted by Gasteiger charge is 2.28. The van der Waals surface area contributed by atoms with Crippen LogP contribution in [0.5, 0.6) is 0 Å². The molecule has 28 heavy (non-hydrogen) atoms. The summed E-state index contributed by atoms with van der Waals surface area (Å²) < 4.78 is 26.7. The van der Waals surface area contributed by atoms with E-state index < -0.39 is 10.0 Å². The van der Waals surface area contributed by atoms with Crippen LogP contribution in [0.4, 0.5) is 0 Å². The molecule has 0 aliphatic carbocycles. The molecule has 9 heteroatoms. The van der Waals surface area contributed by atoms with Crippen molar-refractivity contribution in [2.75, 3.05) is 39.8 Å². The van der Waals surface area contributed by atoms with Crippen molar-refractivity contribution in [1.29, 1.82) is 0 Å². The third-order valence-corrected chi connectivity index (χ3v) is 8.45. The van der Waals surface area contributed by atoms with E-state index in [0.717, 1.165) is 35.3 Å². The molecule has 1 saturated heterocycles. The fourth-order valence-electron chi connectivity index (χ4n) is 3.15. The van der Waals surface area contributed by atoms with Gasteiger partial charge in [-0.3, -0.25) is 9.69 Å². The largest absolute Gasteiger partial charge is 0.339 e. The number of benzene rings is 1. The number of piperazine rings is 1. The van der Waals surface area contributed by atoms with E-state index in [9.17, 15) is 13.2 Å². The number of carbonyl (C=O) groups is 1. The second-order valence-corrected chi connectivity index (χ2v) is 10.9. The van der Waals surface area contributed by atoms with E-state index in [4.69, 9.17) is 11.6 Å². The van der Waals surface area contributed by atoms with Crippen LogP contribution in [0.2, 0.25) is 4.34 Å². The van der Waals surface area contributed by atoms with Crippen LogP contribution in [0, 0.1) is 6.92 Å². The predicted molar refractivity (Wildman–Crippen MR) is 112 cm³/mol. The molecular formula is C19H24ClN3O3S2. The zero-order chi connectivity index (χ0) is 20.3. The summed E-state index contributed by atoms with van der Waals surface area (Å²) in [5, 5.41) is 0. The highest BCUT2D eigenvalue weighted by Crippen LogP contribution is 2.27. The van der Waals surface area contributed by atoms with Gasteiger partial charge in [0, 0.05) is 39.8 Å². The van der Waals surface area contributed by atoms with Gasteiger partial charge < -0.3 is 4.90 Å². The summed E-state index contributed by atoms with van der Waals surface area (Å²) in [6, 6.07) is 11.3. The van der Waals surface area contributed by atoms with Gasteiger partial charge >= 0.3 is 0 Å². The third kappa shape index (κ3) is 4.93. The molecule has 2 heterocycles. The highest BCUT2D eigenvalue weighted by atomic mass is 35.5. The van der Waals surface area contributed by atoms with Crippen molar-refractivity contribution in [1.82, 2.24) is 14.1 Å². The first kappa shape index (κ1) is 21.3. The zero-order valence-corrected chi connectivity index (χ0v) is 18.4. The molecule has 3 rings (SSSR count). The first-order chi connectivity index (χ1) is 13.3. The Bertz CT molecular complexity index is 937. The van der Waals surface area contributed by atoms with Crippen LogP contribution >= 0.6 is 22.9 Å². The van der Waals surface area contributed by atoms with Crippen molar-refractivity contribution < 1.29 is 13.2 Å². The minimum absolute atomic E-state index is 0.149. The molecule has 0 radical (unpaired) electrons. The van der Waals surface area contributed by atoms with E-state index in [1.807, 2.05) is 12.1 Å². The number of amides is 1. The second-order valence-electron chi connectivity index (χ2n) is 6.90. The summed E-state index contributed by atoms with van der Waals surface area (Å²) >= 11 is 6.83. The molecule has 1 aromatic carbocycles. The second kappa shape index (κ2) is 8.92. The molecule has 0 saturated carbocycles. The summed E-state index contributed by atoms with van der Waals surface area (Å²) in [4.78, 5) is 16.6. The number of rotatable bonds is 6. The topological polar surface area (TPSA) is 60.9 Å². The molecule has 1 amide bonds. The van der Waals surface area contributed by atoms with Gasteiger partial charge in [0.1, 0.15) is 4.21 Å². The number of carbonyl (C=O) groups excluding carboxylic acids is 1. The van der Waals surface area contributed by atoms with E-state index in [1.165, 1.54) is 24.2 Å². The summed E-state index contributed by atoms with van der Waals surface area (Å²) in [6.45, 7) is 5.55. The van der Waals surface area contributed by atoms with Crippen molar-refractivity contribution in [3.8, 4) is 0 Å². The third-order valence-electron chi connectivity index (χ3n) is 4.95. The zero-order valence-electron chi connectivity index (χ0n) is 16.0. The molecule has 0 atom stereocenters. The van der Waals surface area contributed by atoms with E-state index in [2.05, 4.69) is 24.0 Å². The fraction of sp³-hybridized carbons (Fsp3) is 0.421. The number of halogens is 1. The average Bonchev–Trinajstić information content (AvgIpc) is 3.11. The molecule has 152 valence electrons. The monoisotopic (exact) mass is 441 g/mol. The van der Waals surface area contributed by atoms with Gasteiger partial charge in [0.2, 0.25) is 5.91 Å². The summed E-state index contributed by atoms with van der Waals surface area (Å²) in [7, 11) is -2.27. The Morgan fingerprint density at radius 1 is 1.14 bits per heavy atom. The van der Waals surface area contributed by atoms with Crippen LogP contribution < -0.4 is 0 Å². The molecule has 2 aromatic rings. The van der Waals surface area contributed by atoms with Gasteiger partial charge in [-0.1, -0.05) is 35.9 Å². The van der Waals surface area contributed by atoms with E-state index in [-0.39, 0.29) is 16.7 Å². The van der Waals surface area contributed by atoms with Crippen molar-refractivity contribution in [3.05, 3.63) is 51.9 Å². The molecule has 0 spiro atoms. The minimum atomic E-state index is -3.70. The number of aryl methyl sites for hydroxylation is 1. The molecule has 1 aliphatic rings. The van der Waals surface area contributed by atoms with E-state index >= 15 is 0 Å². The Hall–Kier alpha value is -1.45. The minimum Gasteiger partial charge on any atom is -0.339 e. The molecule has 1 fully saturated rings. The molecule has 0 N–H and O–H groups in total. The van der Waals surface area contributed by atoms with Gasteiger partial charge in [-0.2, -0.15) is 4.31 Å². The summed E-state index contributed by atoms with van der Waals surface area (Å²) in [6.07, 6.45) is 0. The maximum atomic E-state index is 12.6. The number of hydrogen-bond acceptors (Lipinski definition) is 5. The van der Waals surface area contributed by atoms with Gasteiger partial charge in [0.15, 0.2) is 0 Å². The number of hydrogen-bond donors (Lipinski definition) is 0. The number of sulfonamides is 1. The van der Waals surface area contributed by atoms with Gasteiger partial charge in [0.05, 0.1) is 10.9 Å². The lowest BCUT2D eigenvalue weighted by molar-refractivity contribution is -0.133. The maximum Gasteiger partial charge on any atom is 0.252 e. The van der Waals surface area contributed by atoms with Crippen molar-refractivity contribution >= 4 is 38.9 Å². The number of nitrogens with zero attached hydrogens (tertiary/aromatic N) is 3. The highest BCUT2D eigenvalue weighted by molar-refractivity contribution is 7.91. The fourth-order valence-corrected chi connectivity index (χ4v) is 5.96. The SMILES string of the molecule is Cc1ccccc1CN1CCN(C(=O)CN(C)S(=O)(=O)c2ccc(Cl)s2)CC1. The standard InChI is InChI=1S/C19H24ClN3O3S2/c1-15-5-3-4-6-16(15)13-22-9-11-23(12-10-22)18(24)14-21(2)28(25,26)19-8-7-17(20)27-19/h3-8H,9-14H2,1-2H3. The van der Waals surface area contributed by atoms with Crippen molar-refractivity contribution in [2.24, 2.45) is 0 Å². The summed E-state index contributed by atoms with van der Waals surface area (Å²) in [5.41, 5.74) is 2.56. The normalized spacial score (nSPS) is 15.9. The average molecular weight is 442 g/mol. The first-order valence-electron chi connectivity index (χ1n) is 9.03. The quantitative estimate of drug-likeness (QED) is 0.691. The number of thiophene rings is 1. The molecule has 1 aromatic heterocycles. The molecule has 0 bridgehead atoms. The van der Waals surface area contributed by atoms with E-state index in [0.29, 0.717) is 17.4 Å².